The Balaban J connectivity index is 1.64. The molecule has 17 heavy (non-hydrogen) atoms. The Morgan fingerprint density at radius 2 is 2.29 bits per heavy atom. The minimum absolute atomic E-state index is 0.0879. The Labute approximate surface area is 105 Å². The predicted octanol–water partition coefficient (Wildman–Crippen LogP) is 2.44. The van der Waals surface area contributed by atoms with Gasteiger partial charge in [-0.1, -0.05) is 25.5 Å². The second kappa shape index (κ2) is 4.10. The summed E-state index contributed by atoms with van der Waals surface area (Å²) in [4.78, 5) is 2.45. The van der Waals surface area contributed by atoms with E-state index in [0.717, 1.165) is 37.8 Å². The van der Waals surface area contributed by atoms with Gasteiger partial charge in [-0.2, -0.15) is 0 Å². The first-order valence-electron chi connectivity index (χ1n) is 7.16. The topological polar surface area (TPSA) is 23.5 Å². The zero-order valence-electron chi connectivity index (χ0n) is 11.2. The first kappa shape index (κ1) is 11.7. The summed E-state index contributed by atoms with van der Waals surface area (Å²) in [6, 6.07) is 0. The molecule has 3 atom stereocenters. The van der Waals surface area contributed by atoms with Gasteiger partial charge in [0.05, 0.1) is 6.10 Å². The zero-order valence-corrected chi connectivity index (χ0v) is 11.2. The van der Waals surface area contributed by atoms with Crippen molar-refractivity contribution in [1.29, 1.82) is 0 Å². The van der Waals surface area contributed by atoms with Crippen LogP contribution in [0.1, 0.15) is 39.5 Å². The molecule has 0 aromatic carbocycles. The fourth-order valence-electron chi connectivity index (χ4n) is 4.09. The van der Waals surface area contributed by atoms with Crippen LogP contribution in [-0.4, -0.2) is 35.7 Å². The number of fused-ring (bicyclic) bond motifs is 1. The van der Waals surface area contributed by atoms with Gasteiger partial charge in [-0.15, -0.1) is 0 Å². The number of likely N-dealkylation sites (tertiary alicyclic amines) is 1. The lowest BCUT2D eigenvalue weighted by Gasteiger charge is -2.57. The lowest BCUT2D eigenvalue weighted by Crippen LogP contribution is -2.50. The van der Waals surface area contributed by atoms with Gasteiger partial charge in [-0.3, -0.25) is 4.90 Å². The van der Waals surface area contributed by atoms with Crippen molar-refractivity contribution in [2.45, 2.75) is 45.6 Å². The van der Waals surface area contributed by atoms with E-state index in [1.807, 2.05) is 0 Å². The lowest BCUT2D eigenvalue weighted by atomic mass is 9.49. The third-order valence-corrected chi connectivity index (χ3v) is 5.47. The van der Waals surface area contributed by atoms with Gasteiger partial charge in [0, 0.05) is 13.1 Å². The molecular weight excluding hydrogens is 210 g/mol. The van der Waals surface area contributed by atoms with Crippen LogP contribution in [0.5, 0.6) is 0 Å². The van der Waals surface area contributed by atoms with Gasteiger partial charge < -0.3 is 5.11 Å². The van der Waals surface area contributed by atoms with E-state index in [9.17, 15) is 5.11 Å². The van der Waals surface area contributed by atoms with Gasteiger partial charge in [0.2, 0.25) is 0 Å². The quantitative estimate of drug-likeness (QED) is 0.743. The summed E-state index contributed by atoms with van der Waals surface area (Å²) in [5.41, 5.74) is 2.20. The molecule has 1 aliphatic heterocycles. The molecule has 1 saturated carbocycles. The van der Waals surface area contributed by atoms with Crippen LogP contribution in [-0.2, 0) is 0 Å². The molecule has 2 bridgehead atoms. The average Bonchev–Trinajstić information content (AvgIpc) is 2.29. The fraction of sp³-hybridized carbons (Fsp3) is 0.867. The number of β-amino-alcohol motifs (C(OH)–C–C–N with tert-alkyl or cyclic N) is 1. The summed E-state index contributed by atoms with van der Waals surface area (Å²) in [5.74, 6) is 1.75. The molecular formula is C15H25NO. The van der Waals surface area contributed by atoms with Crippen molar-refractivity contribution in [2.24, 2.45) is 17.3 Å². The van der Waals surface area contributed by atoms with Crippen molar-refractivity contribution in [3.63, 3.8) is 0 Å². The molecule has 1 saturated heterocycles. The van der Waals surface area contributed by atoms with Gasteiger partial charge in [0.15, 0.2) is 0 Å². The van der Waals surface area contributed by atoms with E-state index in [2.05, 4.69) is 24.8 Å². The Morgan fingerprint density at radius 1 is 1.47 bits per heavy atom. The molecule has 0 aromatic heterocycles. The normalized spacial score (nSPS) is 40.6. The third kappa shape index (κ3) is 1.96. The summed E-state index contributed by atoms with van der Waals surface area (Å²) < 4.78 is 0. The lowest BCUT2D eigenvalue weighted by molar-refractivity contribution is -0.0136. The smallest absolute Gasteiger partial charge is 0.0667 e. The Hall–Kier alpha value is -0.340. The van der Waals surface area contributed by atoms with Gasteiger partial charge in [0.25, 0.3) is 0 Å². The van der Waals surface area contributed by atoms with E-state index in [-0.39, 0.29) is 6.10 Å². The SMILES string of the molecule is CC1(C)[C@H]2CC=C(CN3CCC[C@H](O)C3)[C@@H]1C2. The molecule has 0 unspecified atom stereocenters. The molecule has 0 amide bonds. The van der Waals surface area contributed by atoms with Crippen molar-refractivity contribution < 1.29 is 5.11 Å². The predicted molar refractivity (Wildman–Crippen MR) is 69.8 cm³/mol. The first-order chi connectivity index (χ1) is 8.07. The second-order valence-electron chi connectivity index (χ2n) is 6.85. The monoisotopic (exact) mass is 235 g/mol. The van der Waals surface area contributed by atoms with Crippen LogP contribution >= 0.6 is 0 Å². The third-order valence-electron chi connectivity index (χ3n) is 5.47. The standard InChI is InChI=1S/C15H25NO/c1-15(2)12-6-5-11(14(15)8-12)9-16-7-3-4-13(17)10-16/h5,12-14,17H,3-4,6-10H2,1-2H3/t12-,13-,14-/m0/s1. The molecule has 2 heteroatoms. The second-order valence-corrected chi connectivity index (χ2v) is 6.85. The van der Waals surface area contributed by atoms with Gasteiger partial charge in [0.1, 0.15) is 0 Å². The Kier molecular flexibility index (Phi) is 2.83. The molecule has 96 valence electrons. The van der Waals surface area contributed by atoms with Crippen molar-refractivity contribution in [1.82, 2.24) is 4.90 Å². The van der Waals surface area contributed by atoms with Crippen LogP contribution in [0.25, 0.3) is 0 Å². The maximum absolute atomic E-state index is 9.73. The van der Waals surface area contributed by atoms with Crippen LogP contribution in [0.3, 0.4) is 0 Å². The van der Waals surface area contributed by atoms with Crippen LogP contribution in [0, 0.1) is 17.3 Å². The maximum atomic E-state index is 9.73. The highest BCUT2D eigenvalue weighted by atomic mass is 16.3. The van der Waals surface area contributed by atoms with E-state index < -0.39 is 0 Å². The molecule has 4 aliphatic rings. The van der Waals surface area contributed by atoms with Crippen molar-refractivity contribution in [2.75, 3.05) is 19.6 Å². The fourth-order valence-corrected chi connectivity index (χ4v) is 4.09. The minimum Gasteiger partial charge on any atom is -0.392 e. The molecule has 2 fully saturated rings. The van der Waals surface area contributed by atoms with Crippen molar-refractivity contribution >= 4 is 0 Å². The number of hydrogen-bond donors (Lipinski definition) is 1. The number of piperidine rings is 1. The molecule has 0 radical (unpaired) electrons. The van der Waals surface area contributed by atoms with E-state index in [0.29, 0.717) is 5.41 Å². The summed E-state index contributed by atoms with van der Waals surface area (Å²) in [5, 5.41) is 9.73. The van der Waals surface area contributed by atoms with Crippen molar-refractivity contribution in [3.8, 4) is 0 Å². The highest BCUT2D eigenvalue weighted by molar-refractivity contribution is 5.24. The van der Waals surface area contributed by atoms with Gasteiger partial charge >= 0.3 is 0 Å². The highest BCUT2D eigenvalue weighted by Crippen LogP contribution is 2.59. The van der Waals surface area contributed by atoms with Crippen LogP contribution in [0.4, 0.5) is 0 Å². The van der Waals surface area contributed by atoms with Gasteiger partial charge in [-0.05, 0) is 49.5 Å². The zero-order chi connectivity index (χ0) is 12.0. The number of allylic oxidation sites excluding steroid dienone is 1. The molecule has 2 nitrogen and oxygen atoms in total. The molecule has 3 aliphatic carbocycles. The molecule has 1 heterocycles. The number of aliphatic hydroxyl groups excluding tert-OH is 1. The summed E-state index contributed by atoms with van der Waals surface area (Å²) in [6.07, 6.45) is 7.25. The highest BCUT2D eigenvalue weighted by Gasteiger charge is 2.51. The summed E-state index contributed by atoms with van der Waals surface area (Å²) >= 11 is 0. The number of hydrogen-bond acceptors (Lipinski definition) is 2. The van der Waals surface area contributed by atoms with Crippen LogP contribution in [0.15, 0.2) is 11.6 Å². The minimum atomic E-state index is -0.0879. The average molecular weight is 235 g/mol. The van der Waals surface area contributed by atoms with Crippen LogP contribution < -0.4 is 0 Å². The number of nitrogens with zero attached hydrogens (tertiary/aromatic N) is 1. The summed E-state index contributed by atoms with van der Waals surface area (Å²) in [7, 11) is 0. The van der Waals surface area contributed by atoms with Crippen LogP contribution in [0.2, 0.25) is 0 Å². The van der Waals surface area contributed by atoms with Gasteiger partial charge in [-0.25, -0.2) is 0 Å². The Morgan fingerprint density at radius 3 is 2.94 bits per heavy atom. The Bertz CT molecular complexity index is 334. The largest absolute Gasteiger partial charge is 0.392 e. The van der Waals surface area contributed by atoms with E-state index in [1.165, 1.54) is 19.4 Å². The molecule has 0 spiro atoms. The molecule has 4 rings (SSSR count). The number of rotatable bonds is 2. The van der Waals surface area contributed by atoms with E-state index in [1.54, 1.807) is 5.57 Å². The van der Waals surface area contributed by atoms with E-state index >= 15 is 0 Å². The van der Waals surface area contributed by atoms with Crippen molar-refractivity contribution in [3.05, 3.63) is 11.6 Å². The molecule has 1 N–H and O–H groups in total. The molecule has 0 aromatic rings. The maximum Gasteiger partial charge on any atom is 0.0667 e. The van der Waals surface area contributed by atoms with E-state index in [4.69, 9.17) is 0 Å². The summed E-state index contributed by atoms with van der Waals surface area (Å²) in [6.45, 7) is 8.03. The first-order valence-corrected chi connectivity index (χ1v) is 7.16. The number of aliphatic hydroxyl groups is 1.